The molecule has 0 spiro atoms. The summed E-state index contributed by atoms with van der Waals surface area (Å²) in [5, 5.41) is 18.0. The molecular weight excluding hydrogens is 204 g/mol. The van der Waals surface area contributed by atoms with Crippen LogP contribution in [0.25, 0.3) is 0 Å². The van der Waals surface area contributed by atoms with E-state index in [4.69, 9.17) is 5.11 Å². The Balaban J connectivity index is 2.17. The predicted molar refractivity (Wildman–Crippen MR) is 65.5 cm³/mol. The summed E-state index contributed by atoms with van der Waals surface area (Å²) in [5.41, 5.74) is 0. The Hall–Kier alpha value is -0.160. The predicted octanol–water partition coefficient (Wildman–Crippen LogP) is 0.147. The first-order valence-electron chi connectivity index (χ1n) is 6.50. The largest absolute Gasteiger partial charge is 0.396 e. The van der Waals surface area contributed by atoms with Gasteiger partial charge in [-0.2, -0.15) is 0 Å². The molecule has 0 bridgehead atoms. The average molecular weight is 230 g/mol. The minimum Gasteiger partial charge on any atom is -0.396 e. The molecule has 1 aliphatic heterocycles. The Morgan fingerprint density at radius 3 is 2.25 bits per heavy atom. The second-order valence-electron chi connectivity index (χ2n) is 4.55. The summed E-state index contributed by atoms with van der Waals surface area (Å²) in [7, 11) is 0. The number of aliphatic hydroxyl groups excluding tert-OH is 2. The molecule has 1 rings (SSSR count). The Labute approximate surface area is 98.9 Å². The zero-order valence-electron chi connectivity index (χ0n) is 10.4. The molecule has 1 aliphatic rings. The van der Waals surface area contributed by atoms with Crippen LogP contribution in [0.2, 0.25) is 0 Å². The minimum absolute atomic E-state index is 0.279. The average Bonchev–Trinajstić information content (AvgIpc) is 2.33. The van der Waals surface area contributed by atoms with E-state index < -0.39 is 0 Å². The fraction of sp³-hybridized carbons (Fsp3) is 1.00. The van der Waals surface area contributed by atoms with Gasteiger partial charge in [0.2, 0.25) is 0 Å². The Morgan fingerprint density at radius 1 is 1.06 bits per heavy atom. The molecule has 96 valence electrons. The lowest BCUT2D eigenvalue weighted by molar-refractivity contribution is 0.0625. The molecule has 1 unspecified atom stereocenters. The van der Waals surface area contributed by atoms with Gasteiger partial charge in [0.25, 0.3) is 0 Å². The van der Waals surface area contributed by atoms with Gasteiger partial charge >= 0.3 is 0 Å². The van der Waals surface area contributed by atoms with Crippen molar-refractivity contribution in [3.63, 3.8) is 0 Å². The number of unbranched alkanes of at least 4 members (excludes halogenated alkanes) is 1. The van der Waals surface area contributed by atoms with Gasteiger partial charge in [0.1, 0.15) is 0 Å². The molecule has 0 aromatic rings. The first-order chi connectivity index (χ1) is 7.81. The van der Waals surface area contributed by atoms with Crippen LogP contribution in [0.1, 0.15) is 26.2 Å². The number of aliphatic hydroxyl groups is 2. The molecule has 0 amide bonds. The second kappa shape index (κ2) is 8.01. The number of hydrogen-bond acceptors (Lipinski definition) is 4. The van der Waals surface area contributed by atoms with Crippen LogP contribution in [-0.4, -0.2) is 72.0 Å². The summed E-state index contributed by atoms with van der Waals surface area (Å²) in [5.74, 6) is 0. The Bertz CT molecular complexity index is 166. The van der Waals surface area contributed by atoms with Crippen molar-refractivity contribution < 1.29 is 10.2 Å². The van der Waals surface area contributed by atoms with Gasteiger partial charge in [-0.3, -0.25) is 4.90 Å². The molecule has 2 N–H and O–H groups in total. The first kappa shape index (κ1) is 13.9. The fourth-order valence-corrected chi connectivity index (χ4v) is 2.30. The van der Waals surface area contributed by atoms with E-state index in [9.17, 15) is 5.11 Å². The van der Waals surface area contributed by atoms with Crippen molar-refractivity contribution in [2.45, 2.75) is 32.2 Å². The van der Waals surface area contributed by atoms with Gasteiger partial charge in [-0.1, -0.05) is 6.92 Å². The van der Waals surface area contributed by atoms with Gasteiger partial charge in [-0.15, -0.1) is 0 Å². The summed E-state index contributed by atoms with van der Waals surface area (Å²) in [4.78, 5) is 4.85. The van der Waals surface area contributed by atoms with Gasteiger partial charge in [-0.25, -0.2) is 0 Å². The molecule has 4 nitrogen and oxygen atoms in total. The third-order valence-electron chi connectivity index (χ3n) is 3.49. The van der Waals surface area contributed by atoms with E-state index in [-0.39, 0.29) is 6.61 Å². The SMILES string of the molecule is CCC(CO)N1CCN(CCCCO)CC1. The lowest BCUT2D eigenvalue weighted by Gasteiger charge is -2.38. The molecule has 1 heterocycles. The van der Waals surface area contributed by atoms with Crippen LogP contribution in [0.3, 0.4) is 0 Å². The molecule has 0 aliphatic carbocycles. The maximum Gasteiger partial charge on any atom is 0.0586 e. The Morgan fingerprint density at radius 2 is 1.75 bits per heavy atom. The van der Waals surface area contributed by atoms with E-state index in [0.717, 1.165) is 52.0 Å². The maximum absolute atomic E-state index is 9.23. The monoisotopic (exact) mass is 230 g/mol. The van der Waals surface area contributed by atoms with Crippen LogP contribution in [0.4, 0.5) is 0 Å². The van der Waals surface area contributed by atoms with E-state index in [1.165, 1.54) is 0 Å². The molecule has 1 atom stereocenters. The van der Waals surface area contributed by atoms with Crippen molar-refractivity contribution in [3.05, 3.63) is 0 Å². The number of piperazine rings is 1. The number of nitrogens with zero attached hydrogens (tertiary/aromatic N) is 2. The van der Waals surface area contributed by atoms with Gasteiger partial charge in [-0.05, 0) is 25.8 Å². The van der Waals surface area contributed by atoms with Crippen molar-refractivity contribution in [2.24, 2.45) is 0 Å². The standard InChI is InChI=1S/C12H26N2O2/c1-2-12(11-16)14-8-6-13(7-9-14)5-3-4-10-15/h12,15-16H,2-11H2,1H3. The van der Waals surface area contributed by atoms with E-state index in [1.807, 2.05) is 0 Å². The third-order valence-corrected chi connectivity index (χ3v) is 3.49. The third kappa shape index (κ3) is 4.37. The highest BCUT2D eigenvalue weighted by Gasteiger charge is 2.21. The van der Waals surface area contributed by atoms with Gasteiger partial charge in [0, 0.05) is 38.8 Å². The van der Waals surface area contributed by atoms with Gasteiger partial charge in [0.15, 0.2) is 0 Å². The quantitative estimate of drug-likeness (QED) is 0.611. The molecule has 1 saturated heterocycles. The number of rotatable bonds is 7. The molecule has 0 aromatic carbocycles. The van der Waals surface area contributed by atoms with Crippen molar-refractivity contribution in [1.82, 2.24) is 9.80 Å². The highest BCUT2D eigenvalue weighted by molar-refractivity contribution is 4.77. The summed E-state index contributed by atoms with van der Waals surface area (Å²) < 4.78 is 0. The van der Waals surface area contributed by atoms with Crippen LogP contribution in [-0.2, 0) is 0 Å². The number of hydrogen-bond donors (Lipinski definition) is 2. The molecule has 0 saturated carbocycles. The van der Waals surface area contributed by atoms with E-state index >= 15 is 0 Å². The molecule has 16 heavy (non-hydrogen) atoms. The van der Waals surface area contributed by atoms with Crippen molar-refractivity contribution in [1.29, 1.82) is 0 Å². The first-order valence-corrected chi connectivity index (χ1v) is 6.50. The summed E-state index contributed by atoms with van der Waals surface area (Å²) in [6.07, 6.45) is 3.03. The van der Waals surface area contributed by atoms with E-state index in [1.54, 1.807) is 0 Å². The summed E-state index contributed by atoms with van der Waals surface area (Å²) >= 11 is 0. The zero-order valence-corrected chi connectivity index (χ0v) is 10.4. The summed E-state index contributed by atoms with van der Waals surface area (Å²) in [6.45, 7) is 8.16. The van der Waals surface area contributed by atoms with Crippen molar-refractivity contribution in [3.8, 4) is 0 Å². The van der Waals surface area contributed by atoms with Crippen LogP contribution in [0.5, 0.6) is 0 Å². The molecular formula is C12H26N2O2. The topological polar surface area (TPSA) is 46.9 Å². The van der Waals surface area contributed by atoms with Crippen molar-refractivity contribution in [2.75, 3.05) is 45.9 Å². The smallest absolute Gasteiger partial charge is 0.0586 e. The normalized spacial score (nSPS) is 21.2. The van der Waals surface area contributed by atoms with Gasteiger partial charge < -0.3 is 15.1 Å². The zero-order chi connectivity index (χ0) is 11.8. The lowest BCUT2D eigenvalue weighted by Crippen LogP contribution is -2.51. The highest BCUT2D eigenvalue weighted by Crippen LogP contribution is 2.09. The molecule has 1 fully saturated rings. The molecule has 0 aromatic heterocycles. The lowest BCUT2D eigenvalue weighted by atomic mass is 10.1. The molecule has 0 radical (unpaired) electrons. The van der Waals surface area contributed by atoms with Crippen LogP contribution >= 0.6 is 0 Å². The van der Waals surface area contributed by atoms with E-state index in [2.05, 4.69) is 16.7 Å². The fourth-order valence-electron chi connectivity index (χ4n) is 2.30. The van der Waals surface area contributed by atoms with Crippen molar-refractivity contribution >= 4 is 0 Å². The van der Waals surface area contributed by atoms with Crippen LogP contribution < -0.4 is 0 Å². The maximum atomic E-state index is 9.23. The van der Waals surface area contributed by atoms with E-state index in [0.29, 0.717) is 12.6 Å². The highest BCUT2D eigenvalue weighted by atomic mass is 16.3. The molecule has 4 heteroatoms. The summed E-state index contributed by atoms with van der Waals surface area (Å²) in [6, 6.07) is 0.347. The van der Waals surface area contributed by atoms with Crippen LogP contribution in [0.15, 0.2) is 0 Å². The minimum atomic E-state index is 0.279. The second-order valence-corrected chi connectivity index (χ2v) is 4.55. The van der Waals surface area contributed by atoms with Crippen LogP contribution in [0, 0.1) is 0 Å². The Kier molecular flexibility index (Phi) is 6.96. The van der Waals surface area contributed by atoms with Gasteiger partial charge in [0.05, 0.1) is 6.61 Å².